The number of benzene rings is 1. The largest absolute Gasteiger partial charge is 0.354 e. The summed E-state index contributed by atoms with van der Waals surface area (Å²) in [5.41, 5.74) is 2.97. The van der Waals surface area contributed by atoms with E-state index in [0.717, 1.165) is 12.0 Å². The van der Waals surface area contributed by atoms with Crippen LogP contribution in [0.15, 0.2) is 41.1 Å². The van der Waals surface area contributed by atoms with Gasteiger partial charge in [-0.3, -0.25) is 0 Å². The number of hydrogen-bond acceptors (Lipinski definition) is 1. The third kappa shape index (κ3) is 3.69. The van der Waals surface area contributed by atoms with Crippen LogP contribution in [0.25, 0.3) is 0 Å². The first kappa shape index (κ1) is 14.4. The number of anilines is 1. The Kier molecular flexibility index (Phi) is 5.08. The number of para-hydroxylation sites is 1. The molecule has 0 bridgehead atoms. The van der Waals surface area contributed by atoms with Gasteiger partial charge in [0.15, 0.2) is 0 Å². The normalized spacial score (nSPS) is 13.3. The maximum absolute atomic E-state index is 13.4. The molecule has 0 spiro atoms. The van der Waals surface area contributed by atoms with Crippen LogP contribution in [0, 0.1) is 11.6 Å². The van der Waals surface area contributed by atoms with E-state index in [4.69, 9.17) is 0 Å². The minimum atomic E-state index is -0.586. The molecule has 3 heteroatoms. The number of allylic oxidation sites excluding steroid dienone is 4. The lowest BCUT2D eigenvalue weighted by Gasteiger charge is -2.10. The Bertz CT molecular complexity index is 467. The van der Waals surface area contributed by atoms with Crippen molar-refractivity contribution in [3.05, 3.63) is 52.8 Å². The Morgan fingerprint density at radius 1 is 1.17 bits per heavy atom. The van der Waals surface area contributed by atoms with Crippen molar-refractivity contribution >= 4 is 5.69 Å². The first-order valence-electron chi connectivity index (χ1n) is 6.01. The Balaban J connectivity index is 2.95. The summed E-state index contributed by atoms with van der Waals surface area (Å²) in [4.78, 5) is 0. The topological polar surface area (TPSA) is 12.0 Å². The monoisotopic (exact) mass is 251 g/mol. The molecule has 0 aromatic heterocycles. The van der Waals surface area contributed by atoms with Crippen molar-refractivity contribution in [3.63, 3.8) is 0 Å². The van der Waals surface area contributed by atoms with Crippen LogP contribution in [-0.2, 0) is 0 Å². The molecule has 1 nitrogen and oxygen atoms in total. The molecule has 1 aromatic rings. The second-order valence-electron chi connectivity index (χ2n) is 4.37. The molecular formula is C15H19F2N. The summed E-state index contributed by atoms with van der Waals surface area (Å²) in [7, 11) is 0. The van der Waals surface area contributed by atoms with E-state index in [2.05, 4.69) is 12.2 Å². The van der Waals surface area contributed by atoms with E-state index < -0.39 is 11.6 Å². The average molecular weight is 251 g/mol. The third-order valence-corrected chi connectivity index (χ3v) is 2.92. The molecule has 0 aliphatic carbocycles. The zero-order valence-corrected chi connectivity index (χ0v) is 11.3. The summed E-state index contributed by atoms with van der Waals surface area (Å²) in [6.45, 7) is 7.90. The molecule has 0 saturated carbocycles. The molecule has 1 N–H and O–H groups in total. The predicted molar refractivity (Wildman–Crippen MR) is 72.4 cm³/mol. The molecule has 0 heterocycles. The second kappa shape index (κ2) is 6.34. The SMILES string of the molecule is CC/C(C)=C(C)\C=C(\C)Nc1c(F)cccc1F. The molecule has 18 heavy (non-hydrogen) atoms. The van der Waals surface area contributed by atoms with Crippen molar-refractivity contribution in [2.75, 3.05) is 5.32 Å². The summed E-state index contributed by atoms with van der Waals surface area (Å²) < 4.78 is 26.9. The van der Waals surface area contributed by atoms with Crippen molar-refractivity contribution in [2.24, 2.45) is 0 Å². The van der Waals surface area contributed by atoms with Gasteiger partial charge in [0.05, 0.1) is 0 Å². The molecule has 1 aromatic carbocycles. The fourth-order valence-corrected chi connectivity index (χ4v) is 1.58. The minimum absolute atomic E-state index is 0.104. The molecule has 0 radical (unpaired) electrons. The first-order valence-corrected chi connectivity index (χ1v) is 6.01. The lowest BCUT2D eigenvalue weighted by atomic mass is 10.1. The Hall–Kier alpha value is -1.64. The van der Waals surface area contributed by atoms with Gasteiger partial charge in [-0.15, -0.1) is 0 Å². The maximum Gasteiger partial charge on any atom is 0.149 e. The first-order chi connectivity index (χ1) is 8.45. The molecule has 0 unspecified atom stereocenters. The molecule has 1 rings (SSSR count). The average Bonchev–Trinajstić information content (AvgIpc) is 2.32. The van der Waals surface area contributed by atoms with Crippen molar-refractivity contribution < 1.29 is 8.78 Å². The second-order valence-corrected chi connectivity index (χ2v) is 4.37. The van der Waals surface area contributed by atoms with E-state index in [1.807, 2.05) is 19.9 Å². The van der Waals surface area contributed by atoms with E-state index in [1.165, 1.54) is 23.8 Å². The molecule has 98 valence electrons. The third-order valence-electron chi connectivity index (χ3n) is 2.92. The van der Waals surface area contributed by atoms with Crippen LogP contribution in [0.3, 0.4) is 0 Å². The summed E-state index contributed by atoms with van der Waals surface area (Å²) >= 11 is 0. The van der Waals surface area contributed by atoms with E-state index in [1.54, 1.807) is 6.92 Å². The highest BCUT2D eigenvalue weighted by atomic mass is 19.1. The standard InChI is InChI=1S/C15H19F2N/c1-5-10(2)11(3)9-12(4)18-15-13(16)7-6-8-14(15)17/h6-9,18H,5H2,1-4H3/b11-10-,12-9-. The van der Waals surface area contributed by atoms with Gasteiger partial charge in [-0.2, -0.15) is 0 Å². The van der Waals surface area contributed by atoms with Crippen molar-refractivity contribution in [1.82, 2.24) is 0 Å². The zero-order chi connectivity index (χ0) is 13.7. The molecular weight excluding hydrogens is 232 g/mol. The molecule has 0 saturated heterocycles. The molecule has 0 fully saturated rings. The fraction of sp³-hybridized carbons (Fsp3) is 0.333. The summed E-state index contributed by atoms with van der Waals surface area (Å²) in [6.07, 6.45) is 2.86. The Morgan fingerprint density at radius 3 is 2.22 bits per heavy atom. The van der Waals surface area contributed by atoms with Gasteiger partial charge >= 0.3 is 0 Å². The highest BCUT2D eigenvalue weighted by molar-refractivity contribution is 5.51. The maximum atomic E-state index is 13.4. The van der Waals surface area contributed by atoms with Crippen molar-refractivity contribution in [1.29, 1.82) is 0 Å². The summed E-state index contributed by atoms with van der Waals surface area (Å²) in [5, 5.41) is 2.77. The van der Waals surface area contributed by atoms with Crippen molar-refractivity contribution in [3.8, 4) is 0 Å². The van der Waals surface area contributed by atoms with Gasteiger partial charge in [0.25, 0.3) is 0 Å². The van der Waals surface area contributed by atoms with Crippen LogP contribution in [0.2, 0.25) is 0 Å². The summed E-state index contributed by atoms with van der Waals surface area (Å²) in [6, 6.07) is 3.82. The zero-order valence-electron chi connectivity index (χ0n) is 11.3. The Labute approximate surface area is 107 Å². The number of hydrogen-bond donors (Lipinski definition) is 1. The smallest absolute Gasteiger partial charge is 0.149 e. The fourth-order valence-electron chi connectivity index (χ4n) is 1.58. The minimum Gasteiger partial charge on any atom is -0.354 e. The van der Waals surface area contributed by atoms with E-state index >= 15 is 0 Å². The number of rotatable bonds is 4. The van der Waals surface area contributed by atoms with Gasteiger partial charge in [-0.1, -0.05) is 24.1 Å². The van der Waals surface area contributed by atoms with Gasteiger partial charge in [-0.25, -0.2) is 8.78 Å². The van der Waals surface area contributed by atoms with Gasteiger partial charge in [0, 0.05) is 5.70 Å². The Morgan fingerprint density at radius 2 is 1.72 bits per heavy atom. The van der Waals surface area contributed by atoms with Gasteiger partial charge in [0.2, 0.25) is 0 Å². The quantitative estimate of drug-likeness (QED) is 0.740. The molecule has 0 atom stereocenters. The van der Waals surface area contributed by atoms with E-state index in [-0.39, 0.29) is 5.69 Å². The van der Waals surface area contributed by atoms with Crippen LogP contribution in [0.5, 0.6) is 0 Å². The number of halogens is 2. The van der Waals surface area contributed by atoms with Gasteiger partial charge in [-0.05, 0) is 45.4 Å². The number of nitrogens with one attached hydrogen (secondary N) is 1. The van der Waals surface area contributed by atoms with Crippen LogP contribution in [0.4, 0.5) is 14.5 Å². The molecule has 0 aliphatic rings. The predicted octanol–water partition coefficient (Wildman–Crippen LogP) is 5.03. The molecule has 0 aliphatic heterocycles. The van der Waals surface area contributed by atoms with Crippen LogP contribution in [-0.4, -0.2) is 0 Å². The van der Waals surface area contributed by atoms with Gasteiger partial charge in [0.1, 0.15) is 17.3 Å². The summed E-state index contributed by atoms with van der Waals surface area (Å²) in [5.74, 6) is -1.17. The molecule has 0 amide bonds. The van der Waals surface area contributed by atoms with Crippen LogP contribution >= 0.6 is 0 Å². The lowest BCUT2D eigenvalue weighted by Crippen LogP contribution is -2.01. The van der Waals surface area contributed by atoms with Gasteiger partial charge < -0.3 is 5.32 Å². The highest BCUT2D eigenvalue weighted by Gasteiger charge is 2.07. The van der Waals surface area contributed by atoms with E-state index in [9.17, 15) is 8.78 Å². The van der Waals surface area contributed by atoms with Crippen LogP contribution in [0.1, 0.15) is 34.1 Å². The lowest BCUT2D eigenvalue weighted by molar-refractivity contribution is 0.590. The van der Waals surface area contributed by atoms with E-state index in [0.29, 0.717) is 5.70 Å². The highest BCUT2D eigenvalue weighted by Crippen LogP contribution is 2.20. The van der Waals surface area contributed by atoms with Crippen LogP contribution < -0.4 is 5.32 Å². The van der Waals surface area contributed by atoms with Crippen molar-refractivity contribution in [2.45, 2.75) is 34.1 Å².